The number of anilines is 2. The zero-order chi connectivity index (χ0) is 22.4. The first kappa shape index (κ1) is 21.4. The second-order valence-electron chi connectivity index (χ2n) is 9.07. The Morgan fingerprint density at radius 3 is 1.21 bits per heavy atom. The molecule has 4 heterocycles. The molecule has 2 aromatic carbocycles. The first-order valence-electron chi connectivity index (χ1n) is 11.5. The number of epoxide rings is 4. The van der Waals surface area contributed by atoms with Crippen molar-refractivity contribution in [1.82, 2.24) is 0 Å². The summed E-state index contributed by atoms with van der Waals surface area (Å²) in [6.45, 7) is 5.44. The van der Waals surface area contributed by atoms with Gasteiger partial charge in [-0.15, -0.1) is 0 Å². The maximum Gasteiger partial charge on any atom is 0.210 e. The molecule has 4 saturated heterocycles. The van der Waals surface area contributed by atoms with Crippen LogP contribution in [0.3, 0.4) is 0 Å². The molecule has 2 aromatic rings. The van der Waals surface area contributed by atoms with Gasteiger partial charge in [-0.3, -0.25) is 0 Å². The van der Waals surface area contributed by atoms with Crippen LogP contribution >= 0.6 is 0 Å². The first-order valence-corrected chi connectivity index (χ1v) is 13.0. The Morgan fingerprint density at radius 1 is 0.606 bits per heavy atom. The average molecular weight is 473 g/mol. The SMILES string of the molecule is O=S(=O)(c1ccccc1N(CC1CO1)CC1CO1)c1ccccc1N(CC1CO1)CC1CO1. The lowest BCUT2D eigenvalue weighted by atomic mass is 10.2. The van der Waals surface area contributed by atoms with Crippen LogP contribution in [0.15, 0.2) is 58.3 Å². The van der Waals surface area contributed by atoms with E-state index in [1.807, 2.05) is 24.3 Å². The van der Waals surface area contributed by atoms with Crippen LogP contribution in [-0.4, -0.2) is 85.4 Å². The Balaban J connectivity index is 1.37. The molecule has 0 spiro atoms. The van der Waals surface area contributed by atoms with E-state index in [4.69, 9.17) is 18.9 Å². The quantitative estimate of drug-likeness (QED) is 0.432. The molecule has 0 aromatic heterocycles. The van der Waals surface area contributed by atoms with E-state index >= 15 is 0 Å². The highest BCUT2D eigenvalue weighted by Gasteiger charge is 2.36. The van der Waals surface area contributed by atoms with Gasteiger partial charge in [0.05, 0.1) is 72.0 Å². The van der Waals surface area contributed by atoms with Crippen LogP contribution in [0.25, 0.3) is 0 Å². The van der Waals surface area contributed by atoms with Crippen molar-refractivity contribution in [1.29, 1.82) is 0 Å². The Kier molecular flexibility index (Phi) is 5.54. The van der Waals surface area contributed by atoms with E-state index in [1.54, 1.807) is 24.3 Å². The number of hydrogen-bond acceptors (Lipinski definition) is 8. The number of rotatable bonds is 12. The topological polar surface area (TPSA) is 90.7 Å². The molecule has 4 unspecified atom stereocenters. The minimum Gasteiger partial charge on any atom is -0.371 e. The van der Waals surface area contributed by atoms with E-state index in [0.717, 1.165) is 0 Å². The molecule has 0 saturated carbocycles. The molecule has 4 aliphatic rings. The van der Waals surface area contributed by atoms with Crippen molar-refractivity contribution >= 4 is 21.2 Å². The first-order chi connectivity index (χ1) is 16.1. The molecule has 33 heavy (non-hydrogen) atoms. The van der Waals surface area contributed by atoms with Gasteiger partial charge in [0.15, 0.2) is 0 Å². The highest BCUT2D eigenvalue weighted by Crippen LogP contribution is 2.37. The molecule has 176 valence electrons. The average Bonchev–Trinajstić information content (AvgIpc) is 3.62. The normalized spacial score (nSPS) is 27.2. The van der Waals surface area contributed by atoms with E-state index in [-0.39, 0.29) is 24.4 Å². The van der Waals surface area contributed by atoms with Crippen LogP contribution in [0, 0.1) is 0 Å². The summed E-state index contributed by atoms with van der Waals surface area (Å²) in [4.78, 5) is 4.81. The number of benzene rings is 2. The van der Waals surface area contributed by atoms with Crippen molar-refractivity contribution in [2.75, 3.05) is 62.4 Å². The van der Waals surface area contributed by atoms with Gasteiger partial charge in [0, 0.05) is 26.2 Å². The van der Waals surface area contributed by atoms with Crippen molar-refractivity contribution in [3.63, 3.8) is 0 Å². The smallest absolute Gasteiger partial charge is 0.210 e. The Morgan fingerprint density at radius 2 is 0.909 bits per heavy atom. The largest absolute Gasteiger partial charge is 0.371 e. The molecule has 8 nitrogen and oxygen atoms in total. The molecule has 0 N–H and O–H groups in total. The minimum atomic E-state index is -3.80. The van der Waals surface area contributed by atoms with Gasteiger partial charge in [0.25, 0.3) is 0 Å². The van der Waals surface area contributed by atoms with E-state index < -0.39 is 9.84 Å². The van der Waals surface area contributed by atoms with Gasteiger partial charge in [-0.25, -0.2) is 8.42 Å². The fourth-order valence-corrected chi connectivity index (χ4v) is 5.93. The van der Waals surface area contributed by atoms with Gasteiger partial charge in [-0.2, -0.15) is 0 Å². The number of hydrogen-bond donors (Lipinski definition) is 0. The summed E-state index contributed by atoms with van der Waals surface area (Å²) in [6, 6.07) is 14.5. The maximum atomic E-state index is 14.1. The fourth-order valence-electron chi connectivity index (χ4n) is 4.23. The molecule has 0 aliphatic carbocycles. The van der Waals surface area contributed by atoms with Gasteiger partial charge in [-0.05, 0) is 24.3 Å². The summed E-state index contributed by atoms with van der Waals surface area (Å²) < 4.78 is 50.0. The summed E-state index contributed by atoms with van der Waals surface area (Å²) in [6.07, 6.45) is 0.553. The highest BCUT2D eigenvalue weighted by molar-refractivity contribution is 7.91. The third kappa shape index (κ3) is 5.02. The lowest BCUT2D eigenvalue weighted by Gasteiger charge is -2.28. The lowest BCUT2D eigenvalue weighted by Crippen LogP contribution is -2.34. The maximum absolute atomic E-state index is 14.1. The van der Waals surface area contributed by atoms with Gasteiger partial charge in [0.1, 0.15) is 0 Å². The predicted molar refractivity (Wildman–Crippen MR) is 122 cm³/mol. The van der Waals surface area contributed by atoms with E-state index in [2.05, 4.69) is 9.80 Å². The number of ether oxygens (including phenoxy) is 4. The number of nitrogens with zero attached hydrogens (tertiary/aromatic N) is 2. The van der Waals surface area contributed by atoms with Crippen LogP contribution in [0.5, 0.6) is 0 Å². The number of para-hydroxylation sites is 2. The van der Waals surface area contributed by atoms with E-state index in [0.29, 0.717) is 73.8 Å². The second kappa shape index (κ2) is 8.56. The summed E-state index contributed by atoms with van der Waals surface area (Å²) >= 11 is 0. The van der Waals surface area contributed by atoms with Crippen molar-refractivity contribution < 1.29 is 27.4 Å². The van der Waals surface area contributed by atoms with Crippen LogP contribution in [0.2, 0.25) is 0 Å². The second-order valence-corrected chi connectivity index (χ2v) is 11.0. The Hall–Kier alpha value is -2.17. The van der Waals surface area contributed by atoms with Crippen molar-refractivity contribution in [2.24, 2.45) is 0 Å². The lowest BCUT2D eigenvalue weighted by molar-refractivity contribution is 0.388. The predicted octanol–water partition coefficient (Wildman–Crippen LogP) is 1.73. The van der Waals surface area contributed by atoms with Gasteiger partial charge in [-0.1, -0.05) is 24.3 Å². The molecule has 4 aliphatic heterocycles. The molecular weight excluding hydrogens is 444 g/mol. The summed E-state index contributed by atoms with van der Waals surface area (Å²) in [5.74, 6) is 0. The van der Waals surface area contributed by atoms with Crippen LogP contribution in [0.4, 0.5) is 11.4 Å². The molecule has 4 fully saturated rings. The van der Waals surface area contributed by atoms with Gasteiger partial charge >= 0.3 is 0 Å². The van der Waals surface area contributed by atoms with E-state index in [1.165, 1.54) is 0 Å². The molecule has 0 radical (unpaired) electrons. The fraction of sp³-hybridized carbons (Fsp3) is 0.500. The number of sulfone groups is 1. The third-order valence-corrected chi connectivity index (χ3v) is 8.14. The van der Waals surface area contributed by atoms with Crippen LogP contribution in [0.1, 0.15) is 0 Å². The van der Waals surface area contributed by atoms with Gasteiger partial charge in [0.2, 0.25) is 9.84 Å². The van der Waals surface area contributed by atoms with Crippen molar-refractivity contribution in [2.45, 2.75) is 34.2 Å². The standard InChI is InChI=1S/C24H28N2O6S/c27-33(28,23-7-3-1-5-21(23)25(9-17-13-29-17)10-18-14-30-18)24-8-4-2-6-22(24)26(11-19-15-31-19)12-20-16-32-20/h1-8,17-20H,9-16H2. The third-order valence-electron chi connectivity index (χ3n) is 6.30. The Bertz CT molecular complexity index is 1000. The van der Waals surface area contributed by atoms with Gasteiger partial charge < -0.3 is 28.7 Å². The molecule has 4 atom stereocenters. The Labute approximate surface area is 193 Å². The molecule has 9 heteroatoms. The zero-order valence-electron chi connectivity index (χ0n) is 18.3. The summed E-state index contributed by atoms with van der Waals surface area (Å²) in [7, 11) is -3.80. The van der Waals surface area contributed by atoms with Crippen LogP contribution in [-0.2, 0) is 28.8 Å². The highest BCUT2D eigenvalue weighted by atomic mass is 32.2. The van der Waals surface area contributed by atoms with Crippen molar-refractivity contribution in [3.8, 4) is 0 Å². The molecular formula is C24H28N2O6S. The minimum absolute atomic E-state index is 0.138. The summed E-state index contributed by atoms with van der Waals surface area (Å²) in [5.41, 5.74) is 1.39. The van der Waals surface area contributed by atoms with E-state index in [9.17, 15) is 8.42 Å². The molecule has 0 bridgehead atoms. The monoisotopic (exact) mass is 472 g/mol. The van der Waals surface area contributed by atoms with Crippen LogP contribution < -0.4 is 9.80 Å². The zero-order valence-corrected chi connectivity index (χ0v) is 19.2. The van der Waals surface area contributed by atoms with Crippen molar-refractivity contribution in [3.05, 3.63) is 48.5 Å². The molecule has 0 amide bonds. The molecule has 6 rings (SSSR count). The summed E-state index contributed by atoms with van der Waals surface area (Å²) in [5, 5.41) is 0.